The van der Waals surface area contributed by atoms with Crippen molar-refractivity contribution in [3.63, 3.8) is 0 Å². The van der Waals surface area contributed by atoms with Crippen molar-refractivity contribution >= 4 is 21.8 Å². The molecular weight excluding hydrogens is 471 g/mol. The molecule has 0 radical (unpaired) electrons. The van der Waals surface area contributed by atoms with E-state index in [-0.39, 0.29) is 27.4 Å². The van der Waals surface area contributed by atoms with Crippen molar-refractivity contribution in [2.24, 2.45) is 0 Å². The minimum Gasteiger partial charge on any atom is -0.406 e. The first-order valence-corrected chi connectivity index (χ1v) is 8.95. The number of ether oxygens (including phenoxy) is 1. The molecule has 0 bridgehead atoms. The lowest BCUT2D eigenvalue weighted by molar-refractivity contribution is -0.274. The molecule has 0 aliphatic rings. The number of nitrogens with one attached hydrogen (secondary N) is 1. The molecule has 1 aromatic carbocycles. The number of nitrogens with zero attached hydrogens (tertiary/aromatic N) is 6. The lowest BCUT2D eigenvalue weighted by atomic mass is 10.2. The zero-order valence-electron chi connectivity index (χ0n) is 15.1. The Kier molecular flexibility index (Phi) is 5.97. The number of alkyl halides is 3. The molecule has 154 valence electrons. The van der Waals surface area contributed by atoms with Crippen LogP contribution < -0.4 is 10.1 Å². The highest BCUT2D eigenvalue weighted by Crippen LogP contribution is 2.27. The quantitative estimate of drug-likeness (QED) is 0.594. The molecule has 1 atom stereocenters. The number of rotatable bonds is 5. The number of benzene rings is 1. The van der Waals surface area contributed by atoms with Crippen LogP contribution in [-0.2, 0) is 0 Å². The summed E-state index contributed by atoms with van der Waals surface area (Å²) in [6, 6.07) is 5.97. The van der Waals surface area contributed by atoms with Gasteiger partial charge in [-0.05, 0) is 25.1 Å². The maximum absolute atomic E-state index is 12.6. The van der Waals surface area contributed by atoms with Gasteiger partial charge in [0.25, 0.3) is 5.91 Å². The van der Waals surface area contributed by atoms with Crippen LogP contribution in [0.4, 0.5) is 13.2 Å². The van der Waals surface area contributed by atoms with Crippen LogP contribution in [0.2, 0.25) is 0 Å². The van der Waals surface area contributed by atoms with Crippen LogP contribution in [0.1, 0.15) is 34.8 Å². The Morgan fingerprint density at radius 2 is 2.00 bits per heavy atom. The van der Waals surface area contributed by atoms with Gasteiger partial charge in [0.05, 0.1) is 6.04 Å². The summed E-state index contributed by atoms with van der Waals surface area (Å²) in [7, 11) is 0. The molecule has 0 aliphatic heterocycles. The molecule has 9 nitrogen and oxygen atoms in total. The van der Waals surface area contributed by atoms with E-state index in [0.717, 1.165) is 12.1 Å². The number of carbonyl (C=O) groups excluding carboxylic acids is 1. The third-order valence-corrected chi connectivity index (χ3v) is 4.12. The zero-order chi connectivity index (χ0) is 21.9. The lowest BCUT2D eigenvalue weighted by Gasteiger charge is -2.15. The Morgan fingerprint density at radius 3 is 2.70 bits per heavy atom. The molecule has 1 unspecified atom stereocenters. The van der Waals surface area contributed by atoms with Crippen LogP contribution in [-0.4, -0.2) is 37.0 Å². The van der Waals surface area contributed by atoms with Gasteiger partial charge in [-0.2, -0.15) is 15.0 Å². The summed E-state index contributed by atoms with van der Waals surface area (Å²) in [5.74, 6) is -0.653. The van der Waals surface area contributed by atoms with E-state index in [9.17, 15) is 18.0 Å². The Bertz CT molecular complexity index is 1130. The molecule has 1 amide bonds. The van der Waals surface area contributed by atoms with Crippen LogP contribution in [0.5, 0.6) is 5.75 Å². The Hall–Kier alpha value is -3.53. The fourth-order valence-electron chi connectivity index (χ4n) is 2.48. The first-order valence-electron chi connectivity index (χ1n) is 8.16. The predicted molar refractivity (Wildman–Crippen MR) is 98.4 cm³/mol. The first-order chi connectivity index (χ1) is 14.2. The number of hydrogen-bond acceptors (Lipinski definition) is 7. The van der Waals surface area contributed by atoms with E-state index in [4.69, 9.17) is 5.26 Å². The average Bonchev–Trinajstić information content (AvgIpc) is 3.16. The van der Waals surface area contributed by atoms with Gasteiger partial charge in [-0.1, -0.05) is 15.9 Å². The summed E-state index contributed by atoms with van der Waals surface area (Å²) in [5, 5.41) is 15.6. The van der Waals surface area contributed by atoms with E-state index in [1.165, 1.54) is 29.5 Å². The summed E-state index contributed by atoms with van der Waals surface area (Å²) < 4.78 is 42.8. The summed E-state index contributed by atoms with van der Waals surface area (Å²) in [6.45, 7) is 1.61. The van der Waals surface area contributed by atoms with Crippen molar-refractivity contribution in [2.75, 3.05) is 0 Å². The van der Waals surface area contributed by atoms with Gasteiger partial charge in [0, 0.05) is 16.1 Å². The van der Waals surface area contributed by atoms with Crippen LogP contribution in [0.25, 0.3) is 5.82 Å². The first kappa shape index (κ1) is 21.2. The van der Waals surface area contributed by atoms with Crippen molar-refractivity contribution in [1.82, 2.24) is 30.0 Å². The monoisotopic (exact) mass is 481 g/mol. The normalized spacial score (nSPS) is 12.1. The van der Waals surface area contributed by atoms with E-state index in [2.05, 4.69) is 46.0 Å². The molecular formula is C17H11BrF3N7O2. The van der Waals surface area contributed by atoms with Crippen molar-refractivity contribution in [3.8, 4) is 17.6 Å². The van der Waals surface area contributed by atoms with Gasteiger partial charge in [-0.15, -0.1) is 13.2 Å². The van der Waals surface area contributed by atoms with Crippen molar-refractivity contribution in [2.45, 2.75) is 19.3 Å². The summed E-state index contributed by atoms with van der Waals surface area (Å²) in [5.41, 5.74) is 0.0554. The number of carbonyl (C=O) groups is 1. The van der Waals surface area contributed by atoms with Crippen molar-refractivity contribution < 1.29 is 22.7 Å². The molecule has 2 heterocycles. The standard InChI is InChI=1S/C17H11BrF3N7O2/c1-9(15-25-8-26-28(15)14-5-12(6-22)23-7-24-14)27-16(29)10-2-11(18)4-13(3-10)30-17(19,20)21/h2-5,7-9H,1H3,(H,27,29). The van der Waals surface area contributed by atoms with Crippen molar-refractivity contribution in [3.05, 3.63) is 58.5 Å². The molecule has 1 N–H and O–H groups in total. The molecule has 30 heavy (non-hydrogen) atoms. The van der Waals surface area contributed by atoms with Crippen LogP contribution in [0.3, 0.4) is 0 Å². The summed E-state index contributed by atoms with van der Waals surface area (Å²) >= 11 is 3.06. The smallest absolute Gasteiger partial charge is 0.406 e. The van der Waals surface area contributed by atoms with E-state index < -0.39 is 24.1 Å². The van der Waals surface area contributed by atoms with E-state index >= 15 is 0 Å². The third kappa shape index (κ3) is 5.09. The maximum Gasteiger partial charge on any atom is 0.573 e. The molecule has 0 spiro atoms. The van der Waals surface area contributed by atoms with Crippen molar-refractivity contribution in [1.29, 1.82) is 5.26 Å². The minimum absolute atomic E-state index is 0.0599. The van der Waals surface area contributed by atoms with E-state index in [1.54, 1.807) is 6.92 Å². The second kappa shape index (κ2) is 8.46. The third-order valence-electron chi connectivity index (χ3n) is 3.66. The van der Waals surface area contributed by atoms with Gasteiger partial charge in [-0.3, -0.25) is 4.79 Å². The van der Waals surface area contributed by atoms with Gasteiger partial charge >= 0.3 is 6.36 Å². The lowest BCUT2D eigenvalue weighted by Crippen LogP contribution is -2.29. The maximum atomic E-state index is 12.6. The van der Waals surface area contributed by atoms with Gasteiger partial charge in [0.15, 0.2) is 11.6 Å². The van der Waals surface area contributed by atoms with Crippen LogP contribution >= 0.6 is 15.9 Å². The Labute approximate surface area is 175 Å². The highest BCUT2D eigenvalue weighted by atomic mass is 79.9. The van der Waals surface area contributed by atoms with Gasteiger partial charge in [-0.25, -0.2) is 15.0 Å². The molecule has 2 aromatic heterocycles. The predicted octanol–water partition coefficient (Wildman–Crippen LogP) is 3.08. The fourth-order valence-corrected chi connectivity index (χ4v) is 2.95. The molecule has 0 fully saturated rings. The Balaban J connectivity index is 1.82. The summed E-state index contributed by atoms with van der Waals surface area (Å²) in [6.07, 6.45) is -2.47. The number of amides is 1. The fraction of sp³-hybridized carbons (Fsp3) is 0.176. The average molecular weight is 482 g/mol. The molecule has 3 rings (SSSR count). The van der Waals surface area contributed by atoms with Crippen LogP contribution in [0, 0.1) is 11.3 Å². The van der Waals surface area contributed by atoms with Crippen LogP contribution in [0.15, 0.2) is 41.4 Å². The zero-order valence-corrected chi connectivity index (χ0v) is 16.6. The topological polar surface area (TPSA) is 119 Å². The number of nitriles is 1. The molecule has 3 aromatic rings. The summed E-state index contributed by atoms with van der Waals surface area (Å²) in [4.78, 5) is 24.5. The number of aromatic nitrogens is 5. The SMILES string of the molecule is CC(NC(=O)c1cc(Br)cc(OC(F)(F)F)c1)c1ncnn1-c1cc(C#N)ncn1. The largest absolute Gasteiger partial charge is 0.573 e. The molecule has 0 saturated carbocycles. The van der Waals surface area contributed by atoms with E-state index in [1.807, 2.05) is 6.07 Å². The van der Waals surface area contributed by atoms with Gasteiger partial charge < -0.3 is 10.1 Å². The van der Waals surface area contributed by atoms with Gasteiger partial charge in [0.1, 0.15) is 30.2 Å². The van der Waals surface area contributed by atoms with E-state index in [0.29, 0.717) is 0 Å². The number of hydrogen-bond donors (Lipinski definition) is 1. The molecule has 0 aliphatic carbocycles. The Morgan fingerprint density at radius 1 is 1.23 bits per heavy atom. The second-order valence-corrected chi connectivity index (χ2v) is 6.74. The highest BCUT2D eigenvalue weighted by Gasteiger charge is 2.31. The molecule has 13 heteroatoms. The molecule has 0 saturated heterocycles. The second-order valence-electron chi connectivity index (χ2n) is 5.82. The van der Waals surface area contributed by atoms with Gasteiger partial charge in [0.2, 0.25) is 0 Å². The minimum atomic E-state index is -4.89. The highest BCUT2D eigenvalue weighted by molar-refractivity contribution is 9.10. The number of halogens is 4.